The third-order valence-electron chi connectivity index (χ3n) is 5.00. The second kappa shape index (κ2) is 10.7. The van der Waals surface area contributed by atoms with Crippen molar-refractivity contribution in [3.05, 3.63) is 69.3 Å². The average Bonchev–Trinajstić information content (AvgIpc) is 2.76. The van der Waals surface area contributed by atoms with Gasteiger partial charge in [0.2, 0.25) is 5.75 Å². The predicted octanol–water partition coefficient (Wildman–Crippen LogP) is 4.64. The number of hydrogen-bond acceptors (Lipinski definition) is 6. The molecule has 3 rings (SSSR count). The molecule has 0 spiro atoms. The zero-order valence-electron chi connectivity index (χ0n) is 18.0. The van der Waals surface area contributed by atoms with Crippen molar-refractivity contribution in [2.45, 2.75) is 33.2 Å². The Morgan fingerprint density at radius 1 is 1.16 bits per heavy atom. The van der Waals surface area contributed by atoms with Gasteiger partial charge in [0.15, 0.2) is 11.5 Å². The van der Waals surface area contributed by atoms with Crippen molar-refractivity contribution in [2.75, 3.05) is 26.3 Å². The van der Waals surface area contributed by atoms with E-state index in [1.807, 2.05) is 32.0 Å². The zero-order valence-corrected chi connectivity index (χ0v) is 18.0. The third-order valence-corrected chi connectivity index (χ3v) is 5.00. The predicted molar refractivity (Wildman–Crippen MR) is 119 cm³/mol. The van der Waals surface area contributed by atoms with Gasteiger partial charge in [0.25, 0.3) is 0 Å². The smallest absolute Gasteiger partial charge is 0.315 e. The highest BCUT2D eigenvalue weighted by Crippen LogP contribution is 2.39. The molecule has 7 nitrogen and oxygen atoms in total. The van der Waals surface area contributed by atoms with Crippen LogP contribution in [-0.2, 0) is 11.3 Å². The summed E-state index contributed by atoms with van der Waals surface area (Å²) < 4.78 is 11.2. The van der Waals surface area contributed by atoms with E-state index in [-0.39, 0.29) is 17.2 Å². The van der Waals surface area contributed by atoms with E-state index < -0.39 is 4.92 Å². The molecule has 0 unspecified atom stereocenters. The number of ether oxygens (including phenoxy) is 2. The maximum absolute atomic E-state index is 12.5. The first-order valence-electron chi connectivity index (χ1n) is 10.6. The molecule has 0 N–H and O–H groups in total. The molecule has 0 amide bonds. The summed E-state index contributed by atoms with van der Waals surface area (Å²) >= 11 is 0. The first-order chi connectivity index (χ1) is 15.0. The van der Waals surface area contributed by atoms with Crippen molar-refractivity contribution < 1.29 is 19.2 Å². The highest BCUT2D eigenvalue weighted by Gasteiger charge is 2.25. The Morgan fingerprint density at radius 3 is 2.61 bits per heavy atom. The van der Waals surface area contributed by atoms with Crippen molar-refractivity contribution in [1.29, 1.82) is 0 Å². The van der Waals surface area contributed by atoms with Crippen LogP contribution < -0.4 is 9.47 Å². The van der Waals surface area contributed by atoms with Crippen LogP contribution >= 0.6 is 0 Å². The molecule has 1 saturated heterocycles. The van der Waals surface area contributed by atoms with Gasteiger partial charge >= 0.3 is 5.69 Å². The highest BCUT2D eigenvalue weighted by molar-refractivity contribution is 6.00. The van der Waals surface area contributed by atoms with Gasteiger partial charge < -0.3 is 9.47 Å². The topological polar surface area (TPSA) is 81.9 Å². The van der Waals surface area contributed by atoms with E-state index in [1.54, 1.807) is 12.1 Å². The summed E-state index contributed by atoms with van der Waals surface area (Å²) in [4.78, 5) is 26.0. The van der Waals surface area contributed by atoms with E-state index in [0.29, 0.717) is 49.6 Å². The minimum absolute atomic E-state index is 0.0660. The monoisotopic (exact) mass is 424 g/mol. The number of ketones is 1. The lowest BCUT2D eigenvalue weighted by atomic mass is 9.99. The Morgan fingerprint density at radius 2 is 1.94 bits per heavy atom. The van der Waals surface area contributed by atoms with Gasteiger partial charge in [-0.2, -0.15) is 0 Å². The van der Waals surface area contributed by atoms with Gasteiger partial charge in [-0.3, -0.25) is 19.8 Å². The Kier molecular flexibility index (Phi) is 7.78. The summed E-state index contributed by atoms with van der Waals surface area (Å²) in [5, 5.41) is 11.7. The third kappa shape index (κ3) is 5.92. The van der Waals surface area contributed by atoms with E-state index in [0.717, 1.165) is 13.0 Å². The number of carbonyl (C=O) groups excluding carboxylic acids is 1. The largest absolute Gasteiger partial charge is 0.490 e. The van der Waals surface area contributed by atoms with E-state index in [4.69, 9.17) is 9.47 Å². The molecule has 0 radical (unpaired) electrons. The zero-order chi connectivity index (χ0) is 22.2. The van der Waals surface area contributed by atoms with Crippen LogP contribution in [0.3, 0.4) is 0 Å². The fourth-order valence-electron chi connectivity index (χ4n) is 3.57. The molecule has 2 aromatic rings. The van der Waals surface area contributed by atoms with Crippen LogP contribution in [0.2, 0.25) is 0 Å². The maximum Gasteiger partial charge on any atom is 0.315 e. The van der Waals surface area contributed by atoms with Gasteiger partial charge in [-0.05, 0) is 36.6 Å². The number of carbonyl (C=O) groups is 1. The summed E-state index contributed by atoms with van der Waals surface area (Å²) in [7, 11) is 0. The number of rotatable bonds is 9. The van der Waals surface area contributed by atoms with Crippen LogP contribution in [0.5, 0.6) is 11.5 Å². The number of nitrogens with zero attached hydrogens (tertiary/aromatic N) is 2. The lowest BCUT2D eigenvalue weighted by Crippen LogP contribution is -2.35. The molecule has 0 aliphatic carbocycles. The summed E-state index contributed by atoms with van der Waals surface area (Å²) in [6.07, 6.45) is 2.88. The van der Waals surface area contributed by atoms with Crippen LogP contribution in [0.1, 0.15) is 37.8 Å². The van der Waals surface area contributed by atoms with E-state index in [2.05, 4.69) is 17.0 Å². The minimum Gasteiger partial charge on any atom is -0.490 e. The molecular formula is C24H28N2O5. The van der Waals surface area contributed by atoms with E-state index in [9.17, 15) is 14.9 Å². The van der Waals surface area contributed by atoms with Crippen molar-refractivity contribution >= 4 is 17.5 Å². The van der Waals surface area contributed by atoms with Gasteiger partial charge in [-0.15, -0.1) is 0 Å². The molecule has 0 atom stereocenters. The van der Waals surface area contributed by atoms with Gasteiger partial charge in [-0.25, -0.2) is 0 Å². The number of likely N-dealkylation sites (tertiary alicyclic amines) is 1. The highest BCUT2D eigenvalue weighted by atomic mass is 16.6. The van der Waals surface area contributed by atoms with Gasteiger partial charge in [-0.1, -0.05) is 37.3 Å². The molecule has 31 heavy (non-hydrogen) atoms. The second-order valence-electron chi connectivity index (χ2n) is 7.44. The average molecular weight is 424 g/mol. The summed E-state index contributed by atoms with van der Waals surface area (Å²) in [6.45, 7) is 6.39. The molecule has 1 aliphatic rings. The normalized spacial score (nSPS) is 15.8. The lowest BCUT2D eigenvalue weighted by molar-refractivity contribution is -0.386. The Labute approximate surface area is 182 Å². The van der Waals surface area contributed by atoms with E-state index in [1.165, 1.54) is 11.6 Å². The molecule has 164 valence electrons. The molecule has 2 aromatic carbocycles. The summed E-state index contributed by atoms with van der Waals surface area (Å²) in [5.74, 6) is 0.522. The van der Waals surface area contributed by atoms with Crippen LogP contribution in [0.15, 0.2) is 48.0 Å². The van der Waals surface area contributed by atoms with E-state index >= 15 is 0 Å². The number of benzene rings is 2. The quantitative estimate of drug-likeness (QED) is 0.331. The van der Waals surface area contributed by atoms with Gasteiger partial charge in [0.1, 0.15) is 0 Å². The van der Waals surface area contributed by atoms with Gasteiger partial charge in [0.05, 0.1) is 18.1 Å². The van der Waals surface area contributed by atoms with Crippen molar-refractivity contribution in [2.24, 2.45) is 0 Å². The van der Waals surface area contributed by atoms with Crippen LogP contribution in [-0.4, -0.2) is 41.9 Å². The second-order valence-corrected chi connectivity index (χ2v) is 7.44. The Hall–Kier alpha value is -3.19. The van der Waals surface area contributed by atoms with Crippen molar-refractivity contribution in [3.8, 4) is 11.5 Å². The first-order valence-corrected chi connectivity index (χ1v) is 10.6. The SMILES string of the molecule is CCCOc1c(OCC)cc(/C=C2\CN(Cc3ccccc3)CCC2=O)cc1[N+](=O)[O-]. The Bertz CT molecular complexity index is 956. The molecular weight excluding hydrogens is 396 g/mol. The molecule has 0 saturated carbocycles. The fraction of sp³-hybridized carbons (Fsp3) is 0.375. The number of nitro groups is 1. The maximum atomic E-state index is 12.5. The lowest BCUT2D eigenvalue weighted by Gasteiger charge is -2.28. The number of nitro benzene ring substituents is 1. The fourth-order valence-corrected chi connectivity index (χ4v) is 3.57. The molecule has 0 bridgehead atoms. The number of Topliss-reactive ketones (excluding diaryl/α,β-unsaturated/α-hetero) is 1. The molecule has 1 heterocycles. The van der Waals surface area contributed by atoms with Crippen LogP contribution in [0, 0.1) is 10.1 Å². The molecule has 1 aliphatic heterocycles. The van der Waals surface area contributed by atoms with Crippen LogP contribution in [0.4, 0.5) is 5.69 Å². The number of hydrogen-bond donors (Lipinski definition) is 0. The standard InChI is InChI=1S/C24H28N2O5/c1-3-12-31-24-21(26(28)29)14-19(15-23(24)30-4-2)13-20-17-25(11-10-22(20)27)16-18-8-6-5-7-9-18/h5-9,13-15H,3-4,10-12,16-17H2,1-2H3/b20-13+. The Balaban J connectivity index is 1.90. The molecule has 0 aromatic heterocycles. The first kappa shape index (κ1) is 22.5. The summed E-state index contributed by atoms with van der Waals surface area (Å²) in [6, 6.07) is 13.3. The molecule has 7 heteroatoms. The molecule has 1 fully saturated rings. The summed E-state index contributed by atoms with van der Waals surface area (Å²) in [5.41, 5.74) is 2.23. The number of piperidine rings is 1. The van der Waals surface area contributed by atoms with Crippen molar-refractivity contribution in [1.82, 2.24) is 4.90 Å². The minimum atomic E-state index is -0.472. The van der Waals surface area contributed by atoms with Crippen molar-refractivity contribution in [3.63, 3.8) is 0 Å². The van der Waals surface area contributed by atoms with Gasteiger partial charge in [0, 0.05) is 37.7 Å². The van der Waals surface area contributed by atoms with Crippen LogP contribution in [0.25, 0.3) is 6.08 Å².